The number of nitrogens with zero attached hydrogens (tertiary/aromatic N) is 1. The zero-order valence-electron chi connectivity index (χ0n) is 7.47. The van der Waals surface area contributed by atoms with Gasteiger partial charge < -0.3 is 4.90 Å². The number of Topliss-reactive ketones (excluding diaryl/α,β-unsaturated/α-hetero) is 1. The average molecular weight is 155 g/mol. The second-order valence-electron chi connectivity index (χ2n) is 3.54. The molecule has 0 saturated carbocycles. The van der Waals surface area contributed by atoms with E-state index in [9.17, 15) is 4.79 Å². The van der Waals surface area contributed by atoms with Crippen LogP contribution < -0.4 is 0 Å². The maximum absolute atomic E-state index is 11.0. The van der Waals surface area contributed by atoms with E-state index in [1.54, 1.807) is 6.92 Å². The largest absolute Gasteiger partial charge is 0.306 e. The second kappa shape index (κ2) is 3.86. The molecule has 1 aliphatic rings. The van der Waals surface area contributed by atoms with E-state index in [2.05, 4.69) is 11.9 Å². The Bertz CT molecular complexity index is 144. The van der Waals surface area contributed by atoms with Gasteiger partial charge in [-0.1, -0.05) is 0 Å². The van der Waals surface area contributed by atoms with E-state index < -0.39 is 0 Å². The van der Waals surface area contributed by atoms with E-state index in [1.165, 1.54) is 6.42 Å². The molecule has 11 heavy (non-hydrogen) atoms. The van der Waals surface area contributed by atoms with Crippen LogP contribution in [-0.4, -0.2) is 30.8 Å². The van der Waals surface area contributed by atoms with Crippen molar-refractivity contribution in [2.24, 2.45) is 5.92 Å². The third-order valence-corrected chi connectivity index (χ3v) is 2.53. The molecule has 1 rings (SSSR count). The van der Waals surface area contributed by atoms with Gasteiger partial charge in [0.05, 0.1) is 0 Å². The van der Waals surface area contributed by atoms with Crippen molar-refractivity contribution >= 4 is 5.78 Å². The minimum absolute atomic E-state index is 0.347. The number of rotatable bonds is 1. The first kappa shape index (κ1) is 8.72. The van der Waals surface area contributed by atoms with Gasteiger partial charge in [-0.15, -0.1) is 0 Å². The van der Waals surface area contributed by atoms with Gasteiger partial charge in [-0.05, 0) is 46.3 Å². The molecule has 1 aliphatic heterocycles. The lowest BCUT2D eigenvalue weighted by atomic mass is 9.97. The molecule has 0 N–H and O–H groups in total. The molecule has 0 aromatic carbocycles. The van der Waals surface area contributed by atoms with Gasteiger partial charge in [-0.25, -0.2) is 0 Å². The first-order valence-corrected chi connectivity index (χ1v) is 4.39. The Balaban J connectivity index is 2.40. The maximum Gasteiger partial charge on any atom is 0.132 e. The molecule has 1 saturated heterocycles. The van der Waals surface area contributed by atoms with Crippen molar-refractivity contribution in [3.63, 3.8) is 0 Å². The Morgan fingerprint density at radius 2 is 2.09 bits per heavy atom. The molecule has 2 nitrogen and oxygen atoms in total. The molecular weight excluding hydrogens is 138 g/mol. The number of hydrogen-bond donors (Lipinski definition) is 0. The fraction of sp³-hybridized carbons (Fsp3) is 0.889. The lowest BCUT2D eigenvalue weighted by Crippen LogP contribution is -2.19. The van der Waals surface area contributed by atoms with Gasteiger partial charge in [0.1, 0.15) is 5.78 Å². The van der Waals surface area contributed by atoms with Crippen molar-refractivity contribution in [3.05, 3.63) is 0 Å². The zero-order chi connectivity index (χ0) is 8.27. The summed E-state index contributed by atoms with van der Waals surface area (Å²) < 4.78 is 0. The predicted octanol–water partition coefficient (Wildman–Crippen LogP) is 1.31. The number of carbonyl (C=O) groups is 1. The third-order valence-electron chi connectivity index (χ3n) is 2.53. The zero-order valence-corrected chi connectivity index (χ0v) is 7.47. The molecule has 64 valence electrons. The van der Waals surface area contributed by atoms with Crippen molar-refractivity contribution in [1.82, 2.24) is 4.90 Å². The smallest absolute Gasteiger partial charge is 0.132 e. The summed E-state index contributed by atoms with van der Waals surface area (Å²) in [6.07, 6.45) is 3.34. The van der Waals surface area contributed by atoms with Crippen molar-refractivity contribution in [2.75, 3.05) is 20.1 Å². The van der Waals surface area contributed by atoms with E-state index >= 15 is 0 Å². The van der Waals surface area contributed by atoms with Crippen LogP contribution in [0, 0.1) is 5.92 Å². The molecule has 0 aromatic rings. The van der Waals surface area contributed by atoms with Crippen LogP contribution in [0.25, 0.3) is 0 Å². The van der Waals surface area contributed by atoms with Crippen molar-refractivity contribution in [3.8, 4) is 0 Å². The first-order valence-electron chi connectivity index (χ1n) is 4.39. The lowest BCUT2D eigenvalue weighted by molar-refractivity contribution is -0.121. The summed E-state index contributed by atoms with van der Waals surface area (Å²) in [5, 5.41) is 0. The SMILES string of the molecule is CC(=O)C1CCCN(C)CC1. The number of carbonyl (C=O) groups excluding carboxylic acids is 1. The highest BCUT2D eigenvalue weighted by Crippen LogP contribution is 2.16. The fourth-order valence-electron chi connectivity index (χ4n) is 1.65. The highest BCUT2D eigenvalue weighted by Gasteiger charge is 2.17. The molecule has 2 heteroatoms. The van der Waals surface area contributed by atoms with Crippen LogP contribution in [0.2, 0.25) is 0 Å². The van der Waals surface area contributed by atoms with E-state index in [1.807, 2.05) is 0 Å². The van der Waals surface area contributed by atoms with Gasteiger partial charge in [0.15, 0.2) is 0 Å². The number of hydrogen-bond acceptors (Lipinski definition) is 2. The van der Waals surface area contributed by atoms with Gasteiger partial charge in [0.25, 0.3) is 0 Å². The monoisotopic (exact) mass is 155 g/mol. The van der Waals surface area contributed by atoms with Crippen LogP contribution in [0.5, 0.6) is 0 Å². The van der Waals surface area contributed by atoms with Crippen molar-refractivity contribution in [1.29, 1.82) is 0 Å². The summed E-state index contributed by atoms with van der Waals surface area (Å²) >= 11 is 0. The van der Waals surface area contributed by atoms with Gasteiger partial charge >= 0.3 is 0 Å². The molecule has 0 aliphatic carbocycles. The van der Waals surface area contributed by atoms with Gasteiger partial charge in [-0.3, -0.25) is 4.79 Å². The van der Waals surface area contributed by atoms with Crippen molar-refractivity contribution in [2.45, 2.75) is 26.2 Å². The second-order valence-corrected chi connectivity index (χ2v) is 3.54. The van der Waals surface area contributed by atoms with Crippen LogP contribution in [0.15, 0.2) is 0 Å². The van der Waals surface area contributed by atoms with Gasteiger partial charge in [0, 0.05) is 5.92 Å². The van der Waals surface area contributed by atoms with Crippen LogP contribution in [0.3, 0.4) is 0 Å². The molecule has 1 atom stereocenters. The average Bonchev–Trinajstić information content (AvgIpc) is 2.13. The van der Waals surface area contributed by atoms with Crippen LogP contribution in [-0.2, 0) is 4.79 Å². The summed E-state index contributed by atoms with van der Waals surface area (Å²) in [7, 11) is 2.13. The molecule has 1 fully saturated rings. The standard InChI is InChI=1S/C9H17NO/c1-8(11)9-4-3-6-10(2)7-5-9/h9H,3-7H2,1-2H3. The van der Waals surface area contributed by atoms with E-state index in [0.29, 0.717) is 11.7 Å². The molecule has 0 bridgehead atoms. The summed E-state index contributed by atoms with van der Waals surface area (Å²) in [6, 6.07) is 0. The molecule has 1 heterocycles. The molecule has 0 aromatic heterocycles. The fourth-order valence-corrected chi connectivity index (χ4v) is 1.65. The minimum Gasteiger partial charge on any atom is -0.306 e. The summed E-state index contributed by atoms with van der Waals surface area (Å²) in [6.45, 7) is 3.96. The molecule has 1 unspecified atom stereocenters. The molecule has 0 spiro atoms. The molecular formula is C9H17NO. The van der Waals surface area contributed by atoms with Crippen LogP contribution in [0.1, 0.15) is 26.2 Å². The lowest BCUT2D eigenvalue weighted by Gasteiger charge is -2.12. The van der Waals surface area contributed by atoms with E-state index in [4.69, 9.17) is 0 Å². The minimum atomic E-state index is 0.347. The van der Waals surface area contributed by atoms with E-state index in [0.717, 1.165) is 25.9 Å². The number of likely N-dealkylation sites (tertiary alicyclic amines) is 1. The predicted molar refractivity (Wildman–Crippen MR) is 45.5 cm³/mol. The van der Waals surface area contributed by atoms with E-state index in [-0.39, 0.29) is 0 Å². The summed E-state index contributed by atoms with van der Waals surface area (Å²) in [5.74, 6) is 0.722. The van der Waals surface area contributed by atoms with Crippen LogP contribution >= 0.6 is 0 Å². The quantitative estimate of drug-likeness (QED) is 0.569. The summed E-state index contributed by atoms with van der Waals surface area (Å²) in [4.78, 5) is 13.3. The van der Waals surface area contributed by atoms with Crippen LogP contribution in [0.4, 0.5) is 0 Å². The van der Waals surface area contributed by atoms with Crippen molar-refractivity contribution < 1.29 is 4.79 Å². The third kappa shape index (κ3) is 2.62. The Hall–Kier alpha value is -0.370. The topological polar surface area (TPSA) is 20.3 Å². The maximum atomic E-state index is 11.0. The molecule has 0 radical (unpaired) electrons. The Morgan fingerprint density at radius 3 is 2.73 bits per heavy atom. The first-order chi connectivity index (χ1) is 5.20. The Labute approximate surface area is 68.6 Å². The Morgan fingerprint density at radius 1 is 1.36 bits per heavy atom. The van der Waals surface area contributed by atoms with Gasteiger partial charge in [-0.2, -0.15) is 0 Å². The highest BCUT2D eigenvalue weighted by molar-refractivity contribution is 5.78. The molecule has 0 amide bonds. The van der Waals surface area contributed by atoms with Gasteiger partial charge in [0.2, 0.25) is 0 Å². The Kier molecular flexibility index (Phi) is 3.06. The summed E-state index contributed by atoms with van der Waals surface area (Å²) in [5.41, 5.74) is 0. The normalized spacial score (nSPS) is 28.0. The highest BCUT2D eigenvalue weighted by atomic mass is 16.1. The number of ketones is 1.